The Labute approximate surface area is 195 Å². The van der Waals surface area contributed by atoms with Crippen LogP contribution >= 0.6 is 0 Å². The molecular formula is C28H31FN2O2. The Bertz CT molecular complexity index is 1100. The van der Waals surface area contributed by atoms with Gasteiger partial charge in [-0.1, -0.05) is 48.5 Å². The van der Waals surface area contributed by atoms with Crippen molar-refractivity contribution in [3.05, 3.63) is 101 Å². The number of piperazine rings is 1. The van der Waals surface area contributed by atoms with Gasteiger partial charge in [0, 0.05) is 37.3 Å². The number of hydrogen-bond donors (Lipinski definition) is 1. The molecule has 0 spiro atoms. The average molecular weight is 447 g/mol. The Kier molecular flexibility index (Phi) is 6.91. The van der Waals surface area contributed by atoms with Crippen LogP contribution in [-0.4, -0.2) is 45.9 Å². The highest BCUT2D eigenvalue weighted by Crippen LogP contribution is 2.35. The largest absolute Gasteiger partial charge is 0.508 e. The summed E-state index contributed by atoms with van der Waals surface area (Å²) in [5, 5.41) is 10.2. The molecular weight excluding hydrogens is 415 g/mol. The Balaban J connectivity index is 1.61. The van der Waals surface area contributed by atoms with Crippen LogP contribution in [0.15, 0.2) is 72.8 Å². The van der Waals surface area contributed by atoms with E-state index in [2.05, 4.69) is 23.6 Å². The van der Waals surface area contributed by atoms with Crippen LogP contribution in [0.5, 0.6) is 5.75 Å². The van der Waals surface area contributed by atoms with Gasteiger partial charge in [0.05, 0.1) is 6.04 Å². The van der Waals surface area contributed by atoms with Gasteiger partial charge < -0.3 is 5.11 Å². The van der Waals surface area contributed by atoms with Crippen molar-refractivity contribution in [3.8, 4) is 5.75 Å². The molecule has 0 amide bonds. The molecule has 5 heteroatoms. The number of Topliss-reactive ketones (excluding diaryl/α,β-unsaturated/α-hetero) is 1. The number of aromatic hydroxyl groups is 1. The molecule has 1 aliphatic rings. The van der Waals surface area contributed by atoms with E-state index in [1.165, 1.54) is 12.1 Å². The fourth-order valence-electron chi connectivity index (χ4n) is 4.80. The third kappa shape index (κ3) is 5.32. The molecule has 172 valence electrons. The third-order valence-corrected chi connectivity index (χ3v) is 6.61. The summed E-state index contributed by atoms with van der Waals surface area (Å²) in [6, 6.07) is 22.5. The third-order valence-electron chi connectivity index (χ3n) is 6.61. The second-order valence-corrected chi connectivity index (χ2v) is 9.13. The summed E-state index contributed by atoms with van der Waals surface area (Å²) >= 11 is 0. The summed E-state index contributed by atoms with van der Waals surface area (Å²) in [6.07, 6.45) is 0. The molecule has 33 heavy (non-hydrogen) atoms. The molecule has 3 atom stereocenters. The van der Waals surface area contributed by atoms with Crippen LogP contribution in [0.3, 0.4) is 0 Å². The molecule has 1 aliphatic heterocycles. The molecule has 4 nitrogen and oxygen atoms in total. The summed E-state index contributed by atoms with van der Waals surface area (Å²) in [5.41, 5.74) is 3.92. The zero-order valence-electron chi connectivity index (χ0n) is 19.4. The van der Waals surface area contributed by atoms with Crippen molar-refractivity contribution in [1.82, 2.24) is 9.80 Å². The normalized spacial score (nSPS) is 20.5. The van der Waals surface area contributed by atoms with Crippen LogP contribution in [0, 0.1) is 5.82 Å². The van der Waals surface area contributed by atoms with Crippen molar-refractivity contribution in [2.45, 2.75) is 45.4 Å². The molecule has 1 heterocycles. The number of phenolic OH excluding ortho intramolecular Hbond substituents is 1. The summed E-state index contributed by atoms with van der Waals surface area (Å²) in [6.45, 7) is 8.52. The summed E-state index contributed by atoms with van der Waals surface area (Å²) in [7, 11) is 0. The number of ketones is 1. The number of nitrogens with zero attached hydrogens (tertiary/aromatic N) is 2. The molecule has 0 aliphatic carbocycles. The van der Waals surface area contributed by atoms with Gasteiger partial charge in [0.2, 0.25) is 0 Å². The van der Waals surface area contributed by atoms with Gasteiger partial charge in [-0.2, -0.15) is 0 Å². The molecule has 4 rings (SSSR count). The van der Waals surface area contributed by atoms with Gasteiger partial charge in [0.25, 0.3) is 0 Å². The van der Waals surface area contributed by atoms with E-state index in [1.54, 1.807) is 13.0 Å². The maximum Gasteiger partial charge on any atom is 0.159 e. The highest BCUT2D eigenvalue weighted by atomic mass is 19.1. The number of phenols is 1. The lowest BCUT2D eigenvalue weighted by Crippen LogP contribution is -2.56. The van der Waals surface area contributed by atoms with E-state index >= 15 is 0 Å². The van der Waals surface area contributed by atoms with Crippen molar-refractivity contribution in [2.75, 3.05) is 13.1 Å². The van der Waals surface area contributed by atoms with E-state index in [0.29, 0.717) is 11.6 Å². The minimum Gasteiger partial charge on any atom is -0.508 e. The second kappa shape index (κ2) is 9.86. The lowest BCUT2D eigenvalue weighted by molar-refractivity contribution is 0.0195. The number of carbonyl (C=O) groups excluding carboxylic acids is 1. The van der Waals surface area contributed by atoms with Gasteiger partial charge in [-0.05, 0) is 61.7 Å². The highest BCUT2D eigenvalue weighted by Gasteiger charge is 2.35. The van der Waals surface area contributed by atoms with E-state index in [-0.39, 0.29) is 29.4 Å². The first-order chi connectivity index (χ1) is 15.8. The van der Waals surface area contributed by atoms with Gasteiger partial charge in [-0.15, -0.1) is 0 Å². The van der Waals surface area contributed by atoms with Crippen LogP contribution in [0.2, 0.25) is 0 Å². The Morgan fingerprint density at radius 3 is 2.30 bits per heavy atom. The van der Waals surface area contributed by atoms with Crippen LogP contribution in [0.25, 0.3) is 0 Å². The lowest BCUT2D eigenvalue weighted by Gasteiger charge is -2.47. The van der Waals surface area contributed by atoms with Crippen LogP contribution in [0.4, 0.5) is 4.39 Å². The molecule has 1 unspecified atom stereocenters. The SMILES string of the molecule is CC(=O)c1ccc(C(c2cccc(O)c2)N2C[C@@H](C)N(Cc3ccc(F)cc3)C[C@@H]2C)cc1. The van der Waals surface area contributed by atoms with Gasteiger partial charge >= 0.3 is 0 Å². The molecule has 0 aromatic heterocycles. The monoisotopic (exact) mass is 446 g/mol. The Morgan fingerprint density at radius 2 is 1.67 bits per heavy atom. The van der Waals surface area contributed by atoms with Crippen molar-refractivity contribution < 1.29 is 14.3 Å². The number of hydrogen-bond acceptors (Lipinski definition) is 4. The van der Waals surface area contributed by atoms with Crippen molar-refractivity contribution >= 4 is 5.78 Å². The molecule has 3 aromatic carbocycles. The maximum atomic E-state index is 13.3. The van der Waals surface area contributed by atoms with E-state index in [9.17, 15) is 14.3 Å². The fourth-order valence-corrected chi connectivity index (χ4v) is 4.80. The molecule has 1 N–H and O–H groups in total. The highest BCUT2D eigenvalue weighted by molar-refractivity contribution is 5.94. The van der Waals surface area contributed by atoms with E-state index in [0.717, 1.165) is 36.3 Å². The first kappa shape index (κ1) is 23.1. The second-order valence-electron chi connectivity index (χ2n) is 9.13. The quantitative estimate of drug-likeness (QED) is 0.514. The predicted molar refractivity (Wildman–Crippen MR) is 129 cm³/mol. The van der Waals surface area contributed by atoms with Gasteiger partial charge in [-0.25, -0.2) is 4.39 Å². The minimum absolute atomic E-state index is 0.0384. The standard InChI is InChI=1S/C28H31FN2O2/c1-19-17-31(20(2)16-30(19)18-22-7-13-26(29)14-8-22)28(25-5-4-6-27(33)15-25)24-11-9-23(10-12-24)21(3)32/h4-15,19-20,28,33H,16-18H2,1-3H3/t19-,20+,28?/m1/s1. The number of rotatable bonds is 6. The number of halogens is 1. The van der Waals surface area contributed by atoms with Crippen molar-refractivity contribution in [3.63, 3.8) is 0 Å². The van der Waals surface area contributed by atoms with Gasteiger partial charge in [0.1, 0.15) is 11.6 Å². The van der Waals surface area contributed by atoms with Gasteiger partial charge in [-0.3, -0.25) is 14.6 Å². The molecule has 0 bridgehead atoms. The van der Waals surface area contributed by atoms with Crippen molar-refractivity contribution in [2.24, 2.45) is 0 Å². The number of carbonyl (C=O) groups is 1. The maximum absolute atomic E-state index is 13.3. The van der Waals surface area contributed by atoms with Crippen LogP contribution in [-0.2, 0) is 6.54 Å². The van der Waals surface area contributed by atoms with E-state index in [4.69, 9.17) is 0 Å². The molecule has 0 saturated carbocycles. The molecule has 1 fully saturated rings. The first-order valence-corrected chi connectivity index (χ1v) is 11.5. The van der Waals surface area contributed by atoms with Crippen molar-refractivity contribution in [1.29, 1.82) is 0 Å². The first-order valence-electron chi connectivity index (χ1n) is 11.5. The lowest BCUT2D eigenvalue weighted by atomic mass is 9.92. The molecule has 1 saturated heterocycles. The molecule has 3 aromatic rings. The Morgan fingerprint density at radius 1 is 0.970 bits per heavy atom. The molecule has 0 radical (unpaired) electrons. The summed E-state index contributed by atoms with van der Waals surface area (Å²) in [5.74, 6) is 0.0788. The average Bonchev–Trinajstić information content (AvgIpc) is 2.79. The zero-order valence-corrected chi connectivity index (χ0v) is 19.4. The van der Waals surface area contributed by atoms with Crippen LogP contribution < -0.4 is 0 Å². The Hall–Kier alpha value is -3.02. The summed E-state index contributed by atoms with van der Waals surface area (Å²) in [4.78, 5) is 16.7. The minimum atomic E-state index is -0.213. The van der Waals surface area contributed by atoms with E-state index in [1.807, 2.05) is 54.6 Å². The smallest absolute Gasteiger partial charge is 0.159 e. The fraction of sp³-hybridized carbons (Fsp3) is 0.321. The van der Waals surface area contributed by atoms with Crippen LogP contribution in [0.1, 0.15) is 53.9 Å². The number of benzene rings is 3. The topological polar surface area (TPSA) is 43.8 Å². The van der Waals surface area contributed by atoms with Gasteiger partial charge in [0.15, 0.2) is 5.78 Å². The summed E-state index contributed by atoms with van der Waals surface area (Å²) < 4.78 is 13.3. The zero-order chi connectivity index (χ0) is 23.5. The predicted octanol–water partition coefficient (Wildman–Crippen LogP) is 5.42. The van der Waals surface area contributed by atoms with E-state index < -0.39 is 0 Å².